The summed E-state index contributed by atoms with van der Waals surface area (Å²) < 4.78 is 0. The number of H-pyrrole nitrogens is 1. The third kappa shape index (κ3) is 2.84. The predicted molar refractivity (Wildman–Crippen MR) is 96.5 cm³/mol. The summed E-state index contributed by atoms with van der Waals surface area (Å²) >= 11 is 1.73. The van der Waals surface area contributed by atoms with Crippen molar-refractivity contribution in [1.29, 1.82) is 0 Å². The molecule has 0 bridgehead atoms. The van der Waals surface area contributed by atoms with Crippen molar-refractivity contribution in [3.63, 3.8) is 0 Å². The number of nitrogens with one attached hydrogen (secondary N) is 1. The highest BCUT2D eigenvalue weighted by Gasteiger charge is 2.23. The lowest BCUT2D eigenvalue weighted by atomic mass is 9.94. The van der Waals surface area contributed by atoms with Crippen LogP contribution in [0.5, 0.6) is 0 Å². The van der Waals surface area contributed by atoms with Crippen molar-refractivity contribution < 1.29 is 4.79 Å². The van der Waals surface area contributed by atoms with Gasteiger partial charge >= 0.3 is 0 Å². The largest absolute Gasteiger partial charge is 0.334 e. The number of carbonyl (C=O) groups is 1. The van der Waals surface area contributed by atoms with Crippen molar-refractivity contribution in [2.45, 2.75) is 32.1 Å². The van der Waals surface area contributed by atoms with E-state index in [1.165, 1.54) is 10.5 Å². The van der Waals surface area contributed by atoms with Crippen LogP contribution in [0.4, 0.5) is 0 Å². The Hall–Kier alpha value is -2.14. The maximum atomic E-state index is 12.8. The van der Waals surface area contributed by atoms with Gasteiger partial charge in [-0.2, -0.15) is 0 Å². The molecule has 0 atom stereocenters. The monoisotopic (exact) mass is 340 g/mol. The third-order valence-corrected chi connectivity index (χ3v) is 5.85. The molecule has 0 saturated carbocycles. The predicted octanol–water partition coefficient (Wildman–Crippen LogP) is 3.24. The van der Waals surface area contributed by atoms with Crippen LogP contribution >= 0.6 is 11.3 Å². The number of fused-ring (bicyclic) bond motifs is 1. The Balaban J connectivity index is 1.56. The number of pyridine rings is 1. The van der Waals surface area contributed by atoms with Gasteiger partial charge in [-0.3, -0.25) is 9.59 Å². The molecule has 0 saturated heterocycles. The first-order chi connectivity index (χ1) is 11.7. The summed E-state index contributed by atoms with van der Waals surface area (Å²) in [6.45, 7) is 1.24. The molecule has 0 unspecified atom stereocenters. The van der Waals surface area contributed by atoms with Crippen LogP contribution in [-0.2, 0) is 12.8 Å². The summed E-state index contributed by atoms with van der Waals surface area (Å²) in [5.74, 6) is -0.147. The Kier molecular flexibility index (Phi) is 4.10. The van der Waals surface area contributed by atoms with Gasteiger partial charge in [0.1, 0.15) is 5.56 Å². The molecule has 4 nitrogen and oxygen atoms in total. The number of aryl methyl sites for hydroxylation is 2. The van der Waals surface area contributed by atoms with Gasteiger partial charge in [0.15, 0.2) is 0 Å². The average molecular weight is 340 g/mol. The van der Waals surface area contributed by atoms with Gasteiger partial charge in [-0.25, -0.2) is 0 Å². The summed E-state index contributed by atoms with van der Waals surface area (Å²) in [5, 5.41) is 2.07. The second kappa shape index (κ2) is 6.40. The zero-order valence-corrected chi connectivity index (χ0v) is 14.3. The standard InChI is InChI=1S/C19H20N2O2S/c22-18-15(12-14-4-1-2-5-16(14)20-18)19(23)21-9-7-13(8-10-21)17-6-3-11-24-17/h3,6-7,11-12H,1-2,4-5,8-10H2,(H,20,22). The van der Waals surface area contributed by atoms with E-state index in [9.17, 15) is 9.59 Å². The molecule has 1 amide bonds. The molecule has 0 spiro atoms. The number of nitrogens with zero attached hydrogens (tertiary/aromatic N) is 1. The Morgan fingerprint density at radius 2 is 2.08 bits per heavy atom. The molecule has 0 aromatic carbocycles. The quantitative estimate of drug-likeness (QED) is 0.912. The summed E-state index contributed by atoms with van der Waals surface area (Å²) in [6, 6.07) is 5.99. The van der Waals surface area contributed by atoms with Crippen molar-refractivity contribution in [1.82, 2.24) is 9.88 Å². The summed E-state index contributed by atoms with van der Waals surface area (Å²) in [5.41, 5.74) is 3.50. The second-order valence-corrected chi connectivity index (χ2v) is 7.38. The molecule has 5 heteroatoms. The molecule has 2 aromatic rings. The van der Waals surface area contributed by atoms with E-state index in [2.05, 4.69) is 22.5 Å². The Morgan fingerprint density at radius 1 is 1.21 bits per heavy atom. The van der Waals surface area contributed by atoms with Crippen molar-refractivity contribution in [3.05, 3.63) is 61.7 Å². The highest BCUT2D eigenvalue weighted by atomic mass is 32.1. The first-order valence-corrected chi connectivity index (χ1v) is 9.37. The van der Waals surface area contributed by atoms with Crippen LogP contribution in [0.25, 0.3) is 5.57 Å². The smallest absolute Gasteiger partial charge is 0.261 e. The molecule has 3 heterocycles. The highest BCUT2D eigenvalue weighted by Crippen LogP contribution is 2.26. The van der Waals surface area contributed by atoms with Gasteiger partial charge < -0.3 is 9.88 Å². The fourth-order valence-electron chi connectivity index (χ4n) is 3.54. The van der Waals surface area contributed by atoms with Gasteiger partial charge in [0.05, 0.1) is 0 Å². The van der Waals surface area contributed by atoms with Gasteiger partial charge in [-0.05, 0) is 60.8 Å². The van der Waals surface area contributed by atoms with E-state index in [0.717, 1.165) is 43.4 Å². The summed E-state index contributed by atoms with van der Waals surface area (Å²) in [4.78, 5) is 31.1. The van der Waals surface area contributed by atoms with Crippen LogP contribution in [0, 0.1) is 0 Å². The molecule has 124 valence electrons. The van der Waals surface area contributed by atoms with Gasteiger partial charge in [0.25, 0.3) is 11.5 Å². The zero-order valence-electron chi connectivity index (χ0n) is 13.5. The van der Waals surface area contributed by atoms with E-state index >= 15 is 0 Å². The van der Waals surface area contributed by atoms with Crippen LogP contribution in [0.1, 0.15) is 45.8 Å². The summed E-state index contributed by atoms with van der Waals surface area (Å²) in [7, 11) is 0. The first-order valence-electron chi connectivity index (χ1n) is 8.49. The molecule has 4 rings (SSSR count). The number of amides is 1. The van der Waals surface area contributed by atoms with Gasteiger partial charge in [0.2, 0.25) is 0 Å². The highest BCUT2D eigenvalue weighted by molar-refractivity contribution is 7.11. The number of hydrogen-bond acceptors (Lipinski definition) is 3. The second-order valence-electron chi connectivity index (χ2n) is 6.43. The van der Waals surface area contributed by atoms with Crippen LogP contribution in [0.3, 0.4) is 0 Å². The maximum Gasteiger partial charge on any atom is 0.261 e. The van der Waals surface area contributed by atoms with E-state index in [0.29, 0.717) is 18.7 Å². The van der Waals surface area contributed by atoms with Gasteiger partial charge in [0, 0.05) is 23.7 Å². The molecule has 24 heavy (non-hydrogen) atoms. The summed E-state index contributed by atoms with van der Waals surface area (Å²) in [6.07, 6.45) is 7.06. The van der Waals surface area contributed by atoms with Crippen LogP contribution in [0.2, 0.25) is 0 Å². The van der Waals surface area contributed by atoms with E-state index in [1.54, 1.807) is 16.2 Å². The van der Waals surface area contributed by atoms with Gasteiger partial charge in [-0.15, -0.1) is 11.3 Å². The minimum Gasteiger partial charge on any atom is -0.334 e. The fourth-order valence-corrected chi connectivity index (χ4v) is 4.34. The number of aromatic amines is 1. The van der Waals surface area contributed by atoms with Crippen molar-refractivity contribution in [2.75, 3.05) is 13.1 Å². The van der Waals surface area contributed by atoms with E-state index in [4.69, 9.17) is 0 Å². The number of carbonyl (C=O) groups excluding carboxylic acids is 1. The number of hydrogen-bond donors (Lipinski definition) is 1. The van der Waals surface area contributed by atoms with Crippen molar-refractivity contribution in [3.8, 4) is 0 Å². The molecule has 0 radical (unpaired) electrons. The van der Waals surface area contributed by atoms with Gasteiger partial charge in [-0.1, -0.05) is 12.1 Å². The number of rotatable bonds is 2. The molecule has 0 fully saturated rings. The van der Waals surface area contributed by atoms with E-state index in [-0.39, 0.29) is 11.5 Å². The molecule has 1 aliphatic heterocycles. The third-order valence-electron chi connectivity index (χ3n) is 4.90. The van der Waals surface area contributed by atoms with Crippen LogP contribution in [0.15, 0.2) is 34.4 Å². The number of thiophene rings is 1. The lowest BCUT2D eigenvalue weighted by Gasteiger charge is -2.26. The van der Waals surface area contributed by atoms with E-state index in [1.807, 2.05) is 12.1 Å². The first kappa shape index (κ1) is 15.4. The van der Waals surface area contributed by atoms with Crippen LogP contribution in [-0.4, -0.2) is 28.9 Å². The molecule has 1 aliphatic carbocycles. The maximum absolute atomic E-state index is 12.8. The molecule has 1 N–H and O–H groups in total. The Morgan fingerprint density at radius 3 is 2.83 bits per heavy atom. The Labute approximate surface area is 144 Å². The lowest BCUT2D eigenvalue weighted by molar-refractivity contribution is 0.0771. The minimum absolute atomic E-state index is 0.147. The van der Waals surface area contributed by atoms with Crippen molar-refractivity contribution >= 4 is 22.8 Å². The normalized spacial score (nSPS) is 17.3. The zero-order chi connectivity index (χ0) is 16.5. The lowest BCUT2D eigenvalue weighted by Crippen LogP contribution is -2.38. The minimum atomic E-state index is -0.242. The number of aromatic nitrogens is 1. The SMILES string of the molecule is O=C(c1cc2c([nH]c1=O)CCCC2)N1CC=C(c2cccs2)CC1. The van der Waals surface area contributed by atoms with Crippen LogP contribution < -0.4 is 5.56 Å². The average Bonchev–Trinajstić information content (AvgIpc) is 3.15. The topological polar surface area (TPSA) is 53.2 Å². The van der Waals surface area contributed by atoms with Crippen molar-refractivity contribution in [2.24, 2.45) is 0 Å². The fraction of sp³-hybridized carbons (Fsp3) is 0.368. The molecular formula is C19H20N2O2S. The molecule has 2 aromatic heterocycles. The molecule has 2 aliphatic rings. The Bertz CT molecular complexity index is 849. The molecular weight excluding hydrogens is 320 g/mol. The van der Waals surface area contributed by atoms with E-state index < -0.39 is 0 Å².